The van der Waals surface area contributed by atoms with E-state index in [9.17, 15) is 13.6 Å². The van der Waals surface area contributed by atoms with Gasteiger partial charge in [-0.05, 0) is 32.4 Å². The van der Waals surface area contributed by atoms with Crippen LogP contribution in [0.15, 0.2) is 18.2 Å². The zero-order valence-corrected chi connectivity index (χ0v) is 9.71. The molecule has 2 atom stereocenters. The Labute approximate surface area is 98.5 Å². The summed E-state index contributed by atoms with van der Waals surface area (Å²) in [6, 6.07) is 2.37. The Hall–Kier alpha value is -1.49. The molecule has 0 radical (unpaired) electrons. The van der Waals surface area contributed by atoms with E-state index in [1.54, 1.807) is 13.8 Å². The molecule has 0 fully saturated rings. The third-order valence-corrected chi connectivity index (χ3v) is 2.20. The second kappa shape index (κ2) is 5.72. The van der Waals surface area contributed by atoms with E-state index in [-0.39, 0.29) is 11.6 Å². The predicted octanol–water partition coefficient (Wildman–Crippen LogP) is 1.85. The first kappa shape index (κ1) is 13.6. The maximum absolute atomic E-state index is 12.9. The first-order valence-corrected chi connectivity index (χ1v) is 5.33. The minimum Gasteiger partial charge on any atom is -0.393 e. The Kier molecular flexibility index (Phi) is 4.57. The van der Waals surface area contributed by atoms with Gasteiger partial charge in [-0.25, -0.2) is 8.78 Å². The lowest BCUT2D eigenvalue weighted by Crippen LogP contribution is -2.34. The number of carbonyl (C=O) groups excluding carboxylic acids is 1. The number of nitrogens with one attached hydrogen (secondary N) is 1. The smallest absolute Gasteiger partial charge is 0.251 e. The van der Waals surface area contributed by atoms with Crippen LogP contribution < -0.4 is 5.32 Å². The molecular weight excluding hydrogens is 228 g/mol. The van der Waals surface area contributed by atoms with Gasteiger partial charge in [0.1, 0.15) is 11.6 Å². The molecule has 1 amide bonds. The molecule has 2 N–H and O–H groups in total. The maximum atomic E-state index is 12.9. The van der Waals surface area contributed by atoms with Crippen LogP contribution in [-0.4, -0.2) is 23.2 Å². The Morgan fingerprint density at radius 2 is 1.82 bits per heavy atom. The number of hydrogen-bond donors (Lipinski definition) is 2. The van der Waals surface area contributed by atoms with Crippen molar-refractivity contribution in [1.82, 2.24) is 5.32 Å². The molecule has 0 saturated carbocycles. The van der Waals surface area contributed by atoms with E-state index in [1.165, 1.54) is 0 Å². The summed E-state index contributed by atoms with van der Waals surface area (Å²) in [5, 5.41) is 11.7. The molecule has 17 heavy (non-hydrogen) atoms. The number of aliphatic hydroxyl groups excluding tert-OH is 1. The van der Waals surface area contributed by atoms with Crippen molar-refractivity contribution in [2.45, 2.75) is 32.4 Å². The van der Waals surface area contributed by atoms with Gasteiger partial charge in [0.05, 0.1) is 6.10 Å². The van der Waals surface area contributed by atoms with Crippen LogP contribution in [0.1, 0.15) is 30.6 Å². The summed E-state index contributed by atoms with van der Waals surface area (Å²) < 4.78 is 25.8. The monoisotopic (exact) mass is 243 g/mol. The predicted molar refractivity (Wildman–Crippen MR) is 59.6 cm³/mol. The number of benzene rings is 1. The van der Waals surface area contributed by atoms with E-state index in [1.807, 2.05) is 0 Å². The van der Waals surface area contributed by atoms with Gasteiger partial charge in [-0.3, -0.25) is 4.79 Å². The van der Waals surface area contributed by atoms with Crippen molar-refractivity contribution in [3.05, 3.63) is 35.4 Å². The molecular formula is C12H15F2NO2. The highest BCUT2D eigenvalue weighted by Gasteiger charge is 2.13. The summed E-state index contributed by atoms with van der Waals surface area (Å²) in [4.78, 5) is 11.6. The fourth-order valence-electron chi connectivity index (χ4n) is 1.56. The van der Waals surface area contributed by atoms with Crippen LogP contribution in [0.3, 0.4) is 0 Å². The highest BCUT2D eigenvalue weighted by molar-refractivity contribution is 5.94. The standard InChI is InChI=1S/C12H15F2NO2/c1-7(3-8(2)16)15-12(17)9-4-10(13)6-11(14)5-9/h4-8,16H,3H2,1-2H3,(H,15,17)/t7-,8-/m1/s1. The molecule has 0 spiro atoms. The quantitative estimate of drug-likeness (QED) is 0.848. The number of rotatable bonds is 4. The highest BCUT2D eigenvalue weighted by atomic mass is 19.1. The van der Waals surface area contributed by atoms with Gasteiger partial charge in [-0.15, -0.1) is 0 Å². The number of amides is 1. The third-order valence-electron chi connectivity index (χ3n) is 2.20. The van der Waals surface area contributed by atoms with Gasteiger partial charge in [0.15, 0.2) is 0 Å². The van der Waals surface area contributed by atoms with Crippen molar-refractivity contribution in [3.8, 4) is 0 Å². The van der Waals surface area contributed by atoms with Gasteiger partial charge in [-0.1, -0.05) is 0 Å². The fraction of sp³-hybridized carbons (Fsp3) is 0.417. The van der Waals surface area contributed by atoms with Crippen LogP contribution >= 0.6 is 0 Å². The van der Waals surface area contributed by atoms with Crippen molar-refractivity contribution in [3.63, 3.8) is 0 Å². The van der Waals surface area contributed by atoms with E-state index in [0.29, 0.717) is 12.5 Å². The zero-order chi connectivity index (χ0) is 13.0. The SMILES string of the molecule is C[C@H](C[C@@H](C)O)NC(=O)c1cc(F)cc(F)c1. The molecule has 0 unspecified atom stereocenters. The largest absolute Gasteiger partial charge is 0.393 e. The Balaban J connectivity index is 2.69. The topological polar surface area (TPSA) is 49.3 Å². The van der Waals surface area contributed by atoms with Crippen LogP contribution in [0.25, 0.3) is 0 Å². The molecule has 0 aliphatic rings. The van der Waals surface area contributed by atoms with Crippen molar-refractivity contribution in [2.24, 2.45) is 0 Å². The van der Waals surface area contributed by atoms with Crippen molar-refractivity contribution in [1.29, 1.82) is 0 Å². The summed E-state index contributed by atoms with van der Waals surface area (Å²) in [6.07, 6.45) is -0.168. The second-order valence-corrected chi connectivity index (χ2v) is 4.12. The minimum absolute atomic E-state index is 0.0695. The van der Waals surface area contributed by atoms with E-state index >= 15 is 0 Å². The number of hydrogen-bond acceptors (Lipinski definition) is 2. The lowest BCUT2D eigenvalue weighted by atomic mass is 10.1. The average molecular weight is 243 g/mol. The van der Waals surface area contributed by atoms with Gasteiger partial charge in [0.2, 0.25) is 0 Å². The summed E-state index contributed by atoms with van der Waals surface area (Å²) in [6.45, 7) is 3.31. The van der Waals surface area contributed by atoms with E-state index in [2.05, 4.69) is 5.32 Å². The summed E-state index contributed by atoms with van der Waals surface area (Å²) in [5.74, 6) is -2.15. The Morgan fingerprint density at radius 1 is 1.29 bits per heavy atom. The molecule has 3 nitrogen and oxygen atoms in total. The van der Waals surface area contributed by atoms with Gasteiger partial charge < -0.3 is 10.4 Å². The Bertz CT molecular complexity index is 387. The number of aliphatic hydroxyl groups is 1. The number of carbonyl (C=O) groups is 1. The van der Waals surface area contributed by atoms with Gasteiger partial charge in [0.25, 0.3) is 5.91 Å². The van der Waals surface area contributed by atoms with Crippen molar-refractivity contribution < 1.29 is 18.7 Å². The molecule has 0 bridgehead atoms. The first-order valence-electron chi connectivity index (χ1n) is 5.33. The normalized spacial score (nSPS) is 14.2. The average Bonchev–Trinajstić information content (AvgIpc) is 2.14. The van der Waals surface area contributed by atoms with Crippen LogP contribution in [0, 0.1) is 11.6 Å². The summed E-state index contributed by atoms with van der Waals surface area (Å²) in [7, 11) is 0. The van der Waals surface area contributed by atoms with E-state index in [0.717, 1.165) is 12.1 Å². The molecule has 0 heterocycles. The molecule has 0 aromatic heterocycles. The minimum atomic E-state index is -0.793. The summed E-state index contributed by atoms with van der Waals surface area (Å²) >= 11 is 0. The first-order chi connectivity index (χ1) is 7.88. The number of halogens is 2. The van der Waals surface area contributed by atoms with Gasteiger partial charge in [0, 0.05) is 17.7 Å². The molecule has 1 rings (SSSR count). The highest BCUT2D eigenvalue weighted by Crippen LogP contribution is 2.08. The zero-order valence-electron chi connectivity index (χ0n) is 9.71. The van der Waals surface area contributed by atoms with Crippen molar-refractivity contribution in [2.75, 3.05) is 0 Å². The second-order valence-electron chi connectivity index (χ2n) is 4.12. The molecule has 94 valence electrons. The lowest BCUT2D eigenvalue weighted by molar-refractivity contribution is 0.0922. The Morgan fingerprint density at radius 3 is 2.29 bits per heavy atom. The molecule has 0 aliphatic heterocycles. The molecule has 1 aromatic rings. The van der Waals surface area contributed by atoms with E-state index < -0.39 is 23.6 Å². The molecule has 0 saturated heterocycles. The molecule has 1 aromatic carbocycles. The molecule has 0 aliphatic carbocycles. The summed E-state index contributed by atoms with van der Waals surface area (Å²) in [5.41, 5.74) is -0.0695. The van der Waals surface area contributed by atoms with E-state index in [4.69, 9.17) is 5.11 Å². The van der Waals surface area contributed by atoms with Crippen molar-refractivity contribution >= 4 is 5.91 Å². The lowest BCUT2D eigenvalue weighted by Gasteiger charge is -2.15. The van der Waals surface area contributed by atoms with Crippen LogP contribution in [0.4, 0.5) is 8.78 Å². The molecule has 5 heteroatoms. The van der Waals surface area contributed by atoms with Gasteiger partial charge in [-0.2, -0.15) is 0 Å². The van der Waals surface area contributed by atoms with Crippen LogP contribution in [0.2, 0.25) is 0 Å². The van der Waals surface area contributed by atoms with Gasteiger partial charge >= 0.3 is 0 Å². The fourth-order valence-corrected chi connectivity index (χ4v) is 1.56. The van der Waals surface area contributed by atoms with Crippen LogP contribution in [-0.2, 0) is 0 Å². The third kappa shape index (κ3) is 4.48. The van der Waals surface area contributed by atoms with Crippen LogP contribution in [0.5, 0.6) is 0 Å². The maximum Gasteiger partial charge on any atom is 0.251 e.